The fourth-order valence-corrected chi connectivity index (χ4v) is 3.60. The molecule has 0 spiro atoms. The summed E-state index contributed by atoms with van der Waals surface area (Å²) in [7, 11) is 1.99. The molecule has 2 aliphatic rings. The summed E-state index contributed by atoms with van der Waals surface area (Å²) in [6, 6.07) is 0.540. The number of ether oxygens (including phenoxy) is 1. The summed E-state index contributed by atoms with van der Waals surface area (Å²) in [5.41, 5.74) is -0.0183. The van der Waals surface area contributed by atoms with Crippen LogP contribution in [0.3, 0.4) is 0 Å². The summed E-state index contributed by atoms with van der Waals surface area (Å²) in [6.45, 7) is 6.43. The number of aliphatic hydroxyl groups is 1. The molecule has 1 heterocycles. The molecule has 4 nitrogen and oxygen atoms in total. The second kappa shape index (κ2) is 6.33. The van der Waals surface area contributed by atoms with Crippen LogP contribution >= 0.6 is 0 Å². The van der Waals surface area contributed by atoms with Gasteiger partial charge in [0.2, 0.25) is 0 Å². The van der Waals surface area contributed by atoms with Gasteiger partial charge in [-0.05, 0) is 45.7 Å². The molecule has 1 aliphatic carbocycles. The van der Waals surface area contributed by atoms with E-state index in [0.29, 0.717) is 12.0 Å². The number of likely N-dealkylation sites (N-methyl/N-ethyl adjacent to an activating group) is 1. The number of hydrogen-bond donors (Lipinski definition) is 2. The van der Waals surface area contributed by atoms with Gasteiger partial charge in [0, 0.05) is 18.1 Å². The number of aliphatic hydroxyl groups excluding tert-OH is 1. The van der Waals surface area contributed by atoms with Gasteiger partial charge in [-0.2, -0.15) is 0 Å². The van der Waals surface area contributed by atoms with Crippen LogP contribution in [-0.4, -0.2) is 61.5 Å². The summed E-state index contributed by atoms with van der Waals surface area (Å²) in [4.78, 5) is 2.53. The van der Waals surface area contributed by atoms with Gasteiger partial charge >= 0.3 is 0 Å². The zero-order valence-corrected chi connectivity index (χ0v) is 11.8. The maximum atomic E-state index is 9.68. The van der Waals surface area contributed by atoms with Crippen LogP contribution in [-0.2, 0) is 4.74 Å². The van der Waals surface area contributed by atoms with E-state index >= 15 is 0 Å². The Labute approximate surface area is 111 Å². The van der Waals surface area contributed by atoms with E-state index in [1.807, 2.05) is 7.05 Å². The van der Waals surface area contributed by atoms with E-state index in [4.69, 9.17) is 4.74 Å². The lowest BCUT2D eigenvalue weighted by Gasteiger charge is -2.37. The summed E-state index contributed by atoms with van der Waals surface area (Å²) in [5, 5.41) is 13.1. The SMILES string of the molecule is CNC1(CO)CCCC1CCN1CCOCC1C. The van der Waals surface area contributed by atoms with Crippen LogP contribution in [0.2, 0.25) is 0 Å². The number of rotatable bonds is 5. The Morgan fingerprint density at radius 3 is 3.00 bits per heavy atom. The molecule has 2 rings (SSSR count). The van der Waals surface area contributed by atoms with Crippen molar-refractivity contribution in [2.24, 2.45) is 5.92 Å². The van der Waals surface area contributed by atoms with Crippen molar-refractivity contribution in [2.75, 3.05) is 40.0 Å². The first-order valence-corrected chi connectivity index (χ1v) is 7.33. The van der Waals surface area contributed by atoms with Crippen molar-refractivity contribution in [3.05, 3.63) is 0 Å². The number of hydrogen-bond acceptors (Lipinski definition) is 4. The predicted octanol–water partition coefficient (Wildman–Crippen LogP) is 0.848. The first-order chi connectivity index (χ1) is 8.72. The standard InChI is InChI=1S/C14H28N2O2/c1-12-10-18-9-8-16(12)7-5-13-4-3-6-14(13,11-17)15-2/h12-13,15,17H,3-11H2,1-2H3. The van der Waals surface area contributed by atoms with Crippen LogP contribution in [0.25, 0.3) is 0 Å². The highest BCUT2D eigenvalue weighted by atomic mass is 16.5. The topological polar surface area (TPSA) is 44.7 Å². The van der Waals surface area contributed by atoms with Gasteiger partial charge in [-0.25, -0.2) is 0 Å². The molecular formula is C14H28N2O2. The predicted molar refractivity (Wildman–Crippen MR) is 72.7 cm³/mol. The minimum atomic E-state index is -0.0183. The molecule has 0 aromatic heterocycles. The van der Waals surface area contributed by atoms with Gasteiger partial charge in [-0.15, -0.1) is 0 Å². The summed E-state index contributed by atoms with van der Waals surface area (Å²) in [5.74, 6) is 0.613. The van der Waals surface area contributed by atoms with Crippen molar-refractivity contribution >= 4 is 0 Å². The summed E-state index contributed by atoms with van der Waals surface area (Å²) in [6.07, 6.45) is 4.79. The highest BCUT2D eigenvalue weighted by Crippen LogP contribution is 2.37. The zero-order chi connectivity index (χ0) is 13.0. The lowest BCUT2D eigenvalue weighted by atomic mass is 9.85. The Morgan fingerprint density at radius 1 is 1.50 bits per heavy atom. The normalized spacial score (nSPS) is 38.2. The molecule has 3 unspecified atom stereocenters. The minimum absolute atomic E-state index is 0.0183. The van der Waals surface area contributed by atoms with Crippen LogP contribution in [0, 0.1) is 5.92 Å². The van der Waals surface area contributed by atoms with Gasteiger partial charge in [-0.1, -0.05) is 6.42 Å². The summed E-state index contributed by atoms with van der Waals surface area (Å²) >= 11 is 0. The molecule has 1 saturated carbocycles. The molecule has 18 heavy (non-hydrogen) atoms. The number of nitrogens with zero attached hydrogens (tertiary/aromatic N) is 1. The van der Waals surface area contributed by atoms with E-state index in [0.717, 1.165) is 32.7 Å². The van der Waals surface area contributed by atoms with Crippen molar-refractivity contribution in [1.29, 1.82) is 0 Å². The molecule has 0 aromatic rings. The minimum Gasteiger partial charge on any atom is -0.394 e. The Morgan fingerprint density at radius 2 is 2.33 bits per heavy atom. The molecule has 0 amide bonds. The molecule has 0 bridgehead atoms. The molecule has 0 aromatic carbocycles. The van der Waals surface area contributed by atoms with E-state index in [1.165, 1.54) is 19.3 Å². The van der Waals surface area contributed by atoms with E-state index in [9.17, 15) is 5.11 Å². The third-order valence-corrected chi connectivity index (χ3v) is 5.01. The van der Waals surface area contributed by atoms with Gasteiger partial charge in [0.25, 0.3) is 0 Å². The van der Waals surface area contributed by atoms with Gasteiger partial charge in [0.05, 0.1) is 19.8 Å². The maximum absolute atomic E-state index is 9.68. The molecule has 4 heteroatoms. The van der Waals surface area contributed by atoms with Crippen LogP contribution in [0.1, 0.15) is 32.6 Å². The van der Waals surface area contributed by atoms with Crippen molar-refractivity contribution in [1.82, 2.24) is 10.2 Å². The Hall–Kier alpha value is -0.160. The molecule has 0 radical (unpaired) electrons. The highest BCUT2D eigenvalue weighted by molar-refractivity contribution is 4.98. The fourth-order valence-electron chi connectivity index (χ4n) is 3.60. The lowest BCUT2D eigenvalue weighted by Crippen LogP contribution is -2.51. The maximum Gasteiger partial charge on any atom is 0.0619 e. The van der Waals surface area contributed by atoms with Gasteiger partial charge in [0.1, 0.15) is 0 Å². The van der Waals surface area contributed by atoms with E-state index < -0.39 is 0 Å². The van der Waals surface area contributed by atoms with Crippen molar-refractivity contribution < 1.29 is 9.84 Å². The zero-order valence-electron chi connectivity index (χ0n) is 11.8. The third kappa shape index (κ3) is 2.87. The molecular weight excluding hydrogens is 228 g/mol. The molecule has 1 saturated heterocycles. The fraction of sp³-hybridized carbons (Fsp3) is 1.00. The second-order valence-corrected chi connectivity index (χ2v) is 5.90. The van der Waals surface area contributed by atoms with E-state index in [2.05, 4.69) is 17.1 Å². The van der Waals surface area contributed by atoms with Crippen molar-refractivity contribution in [2.45, 2.75) is 44.2 Å². The van der Waals surface area contributed by atoms with Crippen molar-refractivity contribution in [3.8, 4) is 0 Å². The van der Waals surface area contributed by atoms with Gasteiger partial charge in [0.15, 0.2) is 0 Å². The molecule has 106 valence electrons. The van der Waals surface area contributed by atoms with E-state index in [-0.39, 0.29) is 12.1 Å². The quantitative estimate of drug-likeness (QED) is 0.765. The monoisotopic (exact) mass is 256 g/mol. The Balaban J connectivity index is 1.85. The second-order valence-electron chi connectivity index (χ2n) is 5.90. The van der Waals surface area contributed by atoms with Crippen LogP contribution in [0.15, 0.2) is 0 Å². The average molecular weight is 256 g/mol. The molecule has 1 aliphatic heterocycles. The van der Waals surface area contributed by atoms with Gasteiger partial charge < -0.3 is 15.2 Å². The molecule has 2 N–H and O–H groups in total. The smallest absolute Gasteiger partial charge is 0.0619 e. The lowest BCUT2D eigenvalue weighted by molar-refractivity contribution is -0.00504. The molecule has 2 fully saturated rings. The largest absolute Gasteiger partial charge is 0.394 e. The summed E-state index contributed by atoms with van der Waals surface area (Å²) < 4.78 is 5.47. The van der Waals surface area contributed by atoms with Gasteiger partial charge in [-0.3, -0.25) is 4.90 Å². The Kier molecular flexibility index (Phi) is 5.01. The average Bonchev–Trinajstić information content (AvgIpc) is 2.81. The van der Waals surface area contributed by atoms with Crippen LogP contribution in [0.4, 0.5) is 0 Å². The number of morpholine rings is 1. The first-order valence-electron chi connectivity index (χ1n) is 7.33. The highest BCUT2D eigenvalue weighted by Gasteiger charge is 2.40. The first kappa shape index (κ1) is 14.3. The van der Waals surface area contributed by atoms with Crippen LogP contribution < -0.4 is 5.32 Å². The molecule has 3 atom stereocenters. The van der Waals surface area contributed by atoms with Crippen molar-refractivity contribution in [3.63, 3.8) is 0 Å². The van der Waals surface area contributed by atoms with Crippen LogP contribution in [0.5, 0.6) is 0 Å². The Bertz CT molecular complexity index is 256. The third-order valence-electron chi connectivity index (χ3n) is 5.01. The number of nitrogens with one attached hydrogen (secondary N) is 1. The van der Waals surface area contributed by atoms with E-state index in [1.54, 1.807) is 0 Å².